The number of rotatable bonds is 4. The monoisotopic (exact) mass is 384 g/mol. The lowest BCUT2D eigenvalue weighted by Gasteiger charge is -2.35. The molecule has 0 spiro atoms. The van der Waals surface area contributed by atoms with E-state index in [1.165, 1.54) is 0 Å². The molecule has 0 fully saturated rings. The maximum Gasteiger partial charge on any atom is 0.412 e. The molecule has 0 bridgehead atoms. The summed E-state index contributed by atoms with van der Waals surface area (Å²) in [4.78, 5) is 25.5. The number of anilines is 2. The molecule has 2 aromatic rings. The maximum absolute atomic E-state index is 12.1. The van der Waals surface area contributed by atoms with E-state index >= 15 is 0 Å². The van der Waals surface area contributed by atoms with Gasteiger partial charge < -0.3 is 19.5 Å². The maximum atomic E-state index is 12.1. The van der Waals surface area contributed by atoms with E-state index < -0.39 is 23.8 Å². The van der Waals surface area contributed by atoms with Gasteiger partial charge in [-0.3, -0.25) is 5.32 Å². The molecular formula is C21H24N2O5. The Hall–Kier alpha value is -3.22. The zero-order valence-electron chi connectivity index (χ0n) is 16.1. The molecule has 1 aliphatic heterocycles. The van der Waals surface area contributed by atoms with E-state index in [1.807, 2.05) is 35.2 Å². The van der Waals surface area contributed by atoms with E-state index in [0.717, 1.165) is 11.3 Å². The van der Waals surface area contributed by atoms with Crippen LogP contribution in [0.2, 0.25) is 0 Å². The van der Waals surface area contributed by atoms with Crippen LogP contribution in [0.25, 0.3) is 0 Å². The largest absolute Gasteiger partial charge is 0.478 e. The third kappa shape index (κ3) is 4.94. The molecular weight excluding hydrogens is 360 g/mol. The highest BCUT2D eigenvalue weighted by Crippen LogP contribution is 2.37. The van der Waals surface area contributed by atoms with Gasteiger partial charge in [0.05, 0.1) is 12.2 Å². The normalized spacial score (nSPS) is 16.0. The molecule has 148 valence electrons. The van der Waals surface area contributed by atoms with Crippen molar-refractivity contribution in [1.29, 1.82) is 0 Å². The van der Waals surface area contributed by atoms with Crippen LogP contribution in [-0.2, 0) is 16.1 Å². The summed E-state index contributed by atoms with van der Waals surface area (Å²) < 4.78 is 10.9. The smallest absolute Gasteiger partial charge is 0.412 e. The second kappa shape index (κ2) is 7.80. The molecule has 1 atom stereocenters. The van der Waals surface area contributed by atoms with Crippen molar-refractivity contribution in [2.75, 3.05) is 16.8 Å². The minimum Gasteiger partial charge on any atom is -0.478 e. The molecule has 0 saturated heterocycles. The van der Waals surface area contributed by atoms with Crippen molar-refractivity contribution in [2.24, 2.45) is 0 Å². The van der Waals surface area contributed by atoms with E-state index in [9.17, 15) is 14.7 Å². The third-order valence-corrected chi connectivity index (χ3v) is 4.09. The highest BCUT2D eigenvalue weighted by molar-refractivity contribution is 5.87. The second-order valence-electron chi connectivity index (χ2n) is 7.62. The van der Waals surface area contributed by atoms with E-state index in [-0.39, 0.29) is 6.54 Å². The highest BCUT2D eigenvalue weighted by Gasteiger charge is 2.31. The molecule has 7 heteroatoms. The number of nitrogens with one attached hydrogen (secondary N) is 1. The molecule has 1 aliphatic rings. The number of amides is 1. The number of carboxylic acid groups (broad SMARTS) is 1. The number of aliphatic carboxylic acids is 1. The Morgan fingerprint density at radius 2 is 1.93 bits per heavy atom. The topological polar surface area (TPSA) is 88.1 Å². The Morgan fingerprint density at radius 3 is 2.57 bits per heavy atom. The van der Waals surface area contributed by atoms with E-state index in [2.05, 4.69) is 5.32 Å². The van der Waals surface area contributed by atoms with Gasteiger partial charge in [0, 0.05) is 12.2 Å². The summed E-state index contributed by atoms with van der Waals surface area (Å²) in [6.07, 6.45) is -1.51. The summed E-state index contributed by atoms with van der Waals surface area (Å²) in [6.45, 7) is 6.10. The van der Waals surface area contributed by atoms with Crippen LogP contribution in [0.3, 0.4) is 0 Å². The molecule has 0 unspecified atom stereocenters. The number of fused-ring (bicyclic) bond motifs is 1. The molecule has 7 nitrogen and oxygen atoms in total. The summed E-state index contributed by atoms with van der Waals surface area (Å²) in [5, 5.41) is 12.1. The van der Waals surface area contributed by atoms with Crippen molar-refractivity contribution in [3.8, 4) is 5.75 Å². The standard InChI is InChI=1S/C21H24N2O5/c1-21(2,3)28-20(26)22-15-9-10-17-16(11-15)23(13-18(27-17)19(24)25)12-14-7-5-4-6-8-14/h4-11,18H,12-13H2,1-3H3,(H,22,26)(H,24,25)/t18-/m1/s1. The van der Waals surface area contributed by atoms with Gasteiger partial charge in [-0.25, -0.2) is 9.59 Å². The van der Waals surface area contributed by atoms with Crippen LogP contribution in [0.1, 0.15) is 26.3 Å². The van der Waals surface area contributed by atoms with Gasteiger partial charge in [-0.05, 0) is 44.5 Å². The van der Waals surface area contributed by atoms with Crippen LogP contribution in [0.15, 0.2) is 48.5 Å². The molecule has 1 amide bonds. The molecule has 1 heterocycles. The quantitative estimate of drug-likeness (QED) is 0.832. The summed E-state index contributed by atoms with van der Waals surface area (Å²) in [6, 6.07) is 14.8. The van der Waals surface area contributed by atoms with Crippen LogP contribution >= 0.6 is 0 Å². The molecule has 2 N–H and O–H groups in total. The number of benzene rings is 2. The fourth-order valence-corrected chi connectivity index (χ4v) is 2.93. The summed E-state index contributed by atoms with van der Waals surface area (Å²) in [5.41, 5.74) is 1.71. The SMILES string of the molecule is CC(C)(C)OC(=O)Nc1ccc2c(c1)N(Cc1ccccc1)C[C@H](C(=O)O)O2. The van der Waals surface area contributed by atoms with Crippen molar-refractivity contribution in [2.45, 2.75) is 39.0 Å². The fourth-order valence-electron chi connectivity index (χ4n) is 2.93. The summed E-state index contributed by atoms with van der Waals surface area (Å²) in [7, 11) is 0. The van der Waals surface area contributed by atoms with Crippen LogP contribution in [-0.4, -0.2) is 35.4 Å². The molecule has 3 rings (SSSR count). The average Bonchev–Trinajstić information content (AvgIpc) is 2.61. The summed E-state index contributed by atoms with van der Waals surface area (Å²) in [5.74, 6) is -0.552. The lowest BCUT2D eigenvalue weighted by Crippen LogP contribution is -2.44. The molecule has 0 aliphatic carbocycles. The Labute approximate surface area is 163 Å². The van der Waals surface area contributed by atoms with Gasteiger partial charge >= 0.3 is 12.1 Å². The first-order valence-corrected chi connectivity index (χ1v) is 9.04. The van der Waals surface area contributed by atoms with Gasteiger partial charge in [-0.15, -0.1) is 0 Å². The average molecular weight is 384 g/mol. The van der Waals surface area contributed by atoms with Gasteiger partial charge in [0.2, 0.25) is 6.10 Å². The van der Waals surface area contributed by atoms with Gasteiger partial charge in [0.1, 0.15) is 11.4 Å². The van der Waals surface area contributed by atoms with Crippen LogP contribution in [0.4, 0.5) is 16.2 Å². The lowest BCUT2D eigenvalue weighted by molar-refractivity contribution is -0.144. The van der Waals surface area contributed by atoms with Crippen LogP contribution in [0.5, 0.6) is 5.75 Å². The van der Waals surface area contributed by atoms with Crippen molar-refractivity contribution in [3.05, 3.63) is 54.1 Å². The van der Waals surface area contributed by atoms with Crippen LogP contribution < -0.4 is 15.0 Å². The van der Waals surface area contributed by atoms with Gasteiger partial charge in [-0.1, -0.05) is 30.3 Å². The minimum absolute atomic E-state index is 0.202. The molecule has 0 saturated carbocycles. The Bertz CT molecular complexity index is 861. The Morgan fingerprint density at radius 1 is 1.21 bits per heavy atom. The fraction of sp³-hybridized carbons (Fsp3) is 0.333. The minimum atomic E-state index is -1.01. The number of carbonyl (C=O) groups is 2. The summed E-state index contributed by atoms with van der Waals surface area (Å²) >= 11 is 0. The number of hydrogen-bond acceptors (Lipinski definition) is 5. The molecule has 2 aromatic carbocycles. The Kier molecular flexibility index (Phi) is 5.44. The van der Waals surface area contributed by atoms with Crippen molar-refractivity contribution in [1.82, 2.24) is 0 Å². The molecule has 28 heavy (non-hydrogen) atoms. The van der Waals surface area contributed by atoms with E-state index in [0.29, 0.717) is 18.0 Å². The number of carbonyl (C=O) groups excluding carboxylic acids is 1. The number of hydrogen-bond donors (Lipinski definition) is 2. The predicted octanol–water partition coefficient (Wildman–Crippen LogP) is 3.89. The van der Waals surface area contributed by atoms with Crippen molar-refractivity contribution >= 4 is 23.4 Å². The first-order valence-electron chi connectivity index (χ1n) is 9.04. The van der Waals surface area contributed by atoms with Crippen molar-refractivity contribution < 1.29 is 24.2 Å². The lowest BCUT2D eigenvalue weighted by atomic mass is 10.1. The molecule has 0 radical (unpaired) electrons. The van der Waals surface area contributed by atoms with Crippen molar-refractivity contribution in [3.63, 3.8) is 0 Å². The number of ether oxygens (including phenoxy) is 2. The third-order valence-electron chi connectivity index (χ3n) is 4.09. The number of carboxylic acids is 1. The predicted molar refractivity (Wildman–Crippen MR) is 106 cm³/mol. The zero-order chi connectivity index (χ0) is 20.3. The first kappa shape index (κ1) is 19.5. The second-order valence-corrected chi connectivity index (χ2v) is 7.62. The van der Waals surface area contributed by atoms with Gasteiger partial charge in [0.25, 0.3) is 0 Å². The Balaban J connectivity index is 1.86. The zero-order valence-corrected chi connectivity index (χ0v) is 16.1. The first-order chi connectivity index (χ1) is 13.2. The van der Waals surface area contributed by atoms with Gasteiger partial charge in [0.15, 0.2) is 0 Å². The van der Waals surface area contributed by atoms with Gasteiger partial charge in [-0.2, -0.15) is 0 Å². The van der Waals surface area contributed by atoms with Crippen LogP contribution in [0, 0.1) is 0 Å². The number of nitrogens with zero attached hydrogens (tertiary/aromatic N) is 1. The molecule has 0 aromatic heterocycles. The highest BCUT2D eigenvalue weighted by atomic mass is 16.6. The van der Waals surface area contributed by atoms with E-state index in [4.69, 9.17) is 9.47 Å². The van der Waals surface area contributed by atoms with E-state index in [1.54, 1.807) is 39.0 Å².